The fraction of sp³-hybridized carbons (Fsp3) is 0.688. The van der Waals surface area contributed by atoms with Gasteiger partial charge in [-0.25, -0.2) is 14.1 Å². The van der Waals surface area contributed by atoms with Gasteiger partial charge in [0.25, 0.3) is 5.56 Å². The second-order valence-electron chi connectivity index (χ2n) is 8.51. The lowest BCUT2D eigenvalue weighted by Crippen LogP contribution is -2.60. The molecule has 2 aliphatic rings. The average molecular weight is 588 g/mol. The van der Waals surface area contributed by atoms with Crippen LogP contribution >= 0.6 is 15.6 Å². The van der Waals surface area contributed by atoms with Gasteiger partial charge in [-0.05, 0) is 6.92 Å². The van der Waals surface area contributed by atoms with E-state index >= 15 is 0 Å². The molecule has 0 aromatic carbocycles. The number of hydrogen-bond acceptors (Lipinski definition) is 16. The van der Waals surface area contributed by atoms with Crippen LogP contribution in [-0.4, -0.2) is 105 Å². The molecule has 3 unspecified atom stereocenters. The first kappa shape index (κ1) is 29.1. The smallest absolute Gasteiger partial charge is 0.388 e. The molecule has 4 rings (SSSR count). The summed E-state index contributed by atoms with van der Waals surface area (Å²) in [6, 6.07) is -1.52. The molecule has 11 atom stereocenters. The van der Waals surface area contributed by atoms with Crippen molar-refractivity contribution in [3.05, 3.63) is 16.7 Å². The maximum atomic E-state index is 12.3. The number of ether oxygens (including phenoxy) is 2. The quantitative estimate of drug-likeness (QED) is 0.134. The van der Waals surface area contributed by atoms with Crippen molar-refractivity contribution < 1.29 is 62.2 Å². The number of nitrogens with one attached hydrogen (secondary N) is 1. The molecular weight excluding hydrogens is 562 g/mol. The molecule has 0 radical (unpaired) electrons. The molecule has 4 heterocycles. The molecule has 2 aromatic rings. The second-order valence-corrected chi connectivity index (χ2v) is 11.5. The molecule has 2 fully saturated rings. The molecule has 2 aliphatic heterocycles. The SMILES string of the molecule is C[C@@H]1O[C@@H](OP(=O)(O)OP(=O)(O)OC[C@H]2OC(n3cnc4c(=O)[nH]c(N)nc43)[C@H](O)[C@@H]2O)[C@@H](N)[C@H](O)[C@@H]1O. The number of nitrogens with zero attached hydrogens (tertiary/aromatic N) is 3. The number of nitrogens with two attached hydrogens (primary N) is 2. The third-order valence-corrected chi connectivity index (χ3v) is 8.40. The van der Waals surface area contributed by atoms with Crippen molar-refractivity contribution >= 4 is 32.8 Å². The third-order valence-electron chi connectivity index (χ3n) is 5.80. The number of phosphoric acid groups is 2. The van der Waals surface area contributed by atoms with E-state index < -0.39 is 83.0 Å². The molecule has 214 valence electrons. The van der Waals surface area contributed by atoms with Crippen LogP contribution in [0.4, 0.5) is 5.95 Å². The summed E-state index contributed by atoms with van der Waals surface area (Å²) in [4.78, 5) is 41.8. The zero-order chi connectivity index (χ0) is 28.2. The van der Waals surface area contributed by atoms with Crippen molar-refractivity contribution in [1.82, 2.24) is 19.5 Å². The lowest BCUT2D eigenvalue weighted by atomic mass is 9.99. The van der Waals surface area contributed by atoms with Gasteiger partial charge in [0.05, 0.1) is 25.1 Å². The van der Waals surface area contributed by atoms with Gasteiger partial charge in [-0.2, -0.15) is 9.29 Å². The van der Waals surface area contributed by atoms with Crippen molar-refractivity contribution in [1.29, 1.82) is 0 Å². The van der Waals surface area contributed by atoms with E-state index in [0.29, 0.717) is 0 Å². The topological polar surface area (TPSA) is 317 Å². The highest BCUT2D eigenvalue weighted by Gasteiger charge is 2.48. The van der Waals surface area contributed by atoms with Gasteiger partial charge >= 0.3 is 15.6 Å². The van der Waals surface area contributed by atoms with Gasteiger partial charge in [0.2, 0.25) is 5.95 Å². The largest absolute Gasteiger partial charge is 0.483 e. The Morgan fingerprint density at radius 3 is 2.47 bits per heavy atom. The number of aromatic nitrogens is 4. The number of nitrogen functional groups attached to an aromatic ring is 1. The summed E-state index contributed by atoms with van der Waals surface area (Å²) in [6.07, 6.45) is -11.1. The molecule has 0 aliphatic carbocycles. The van der Waals surface area contributed by atoms with Crippen molar-refractivity contribution in [2.75, 3.05) is 12.3 Å². The number of aromatic amines is 1. The normalized spacial score (nSPS) is 37.2. The van der Waals surface area contributed by atoms with Crippen molar-refractivity contribution in [3.8, 4) is 0 Å². The van der Waals surface area contributed by atoms with E-state index in [2.05, 4.69) is 28.3 Å². The summed E-state index contributed by atoms with van der Waals surface area (Å²) in [5, 5.41) is 40.4. The van der Waals surface area contributed by atoms with Gasteiger partial charge in [0.1, 0.15) is 30.5 Å². The Kier molecular flexibility index (Phi) is 8.12. The van der Waals surface area contributed by atoms with E-state index in [9.17, 15) is 44.1 Å². The Morgan fingerprint density at radius 2 is 1.79 bits per heavy atom. The fourth-order valence-corrected chi connectivity index (χ4v) is 6.02. The molecule has 0 bridgehead atoms. The van der Waals surface area contributed by atoms with Crippen LogP contribution in [0.2, 0.25) is 0 Å². The maximum absolute atomic E-state index is 12.3. The van der Waals surface area contributed by atoms with Crippen LogP contribution in [0, 0.1) is 0 Å². The zero-order valence-corrected chi connectivity index (χ0v) is 21.1. The van der Waals surface area contributed by atoms with E-state index in [4.69, 9.17) is 20.9 Å². The highest BCUT2D eigenvalue weighted by atomic mass is 31.3. The molecule has 38 heavy (non-hydrogen) atoms. The van der Waals surface area contributed by atoms with Crippen LogP contribution in [0.5, 0.6) is 0 Å². The van der Waals surface area contributed by atoms with Gasteiger partial charge in [-0.3, -0.25) is 23.4 Å². The first-order chi connectivity index (χ1) is 17.6. The number of anilines is 1. The first-order valence-corrected chi connectivity index (χ1v) is 13.8. The van der Waals surface area contributed by atoms with E-state index in [1.165, 1.54) is 6.92 Å². The van der Waals surface area contributed by atoms with Crippen LogP contribution in [-0.2, 0) is 32.0 Å². The molecule has 11 N–H and O–H groups in total. The molecule has 0 amide bonds. The minimum Gasteiger partial charge on any atom is -0.388 e. The summed E-state index contributed by atoms with van der Waals surface area (Å²) in [7, 11) is -10.8. The van der Waals surface area contributed by atoms with Crippen molar-refractivity contribution in [3.63, 3.8) is 0 Å². The monoisotopic (exact) mass is 588 g/mol. The van der Waals surface area contributed by atoms with Crippen molar-refractivity contribution in [2.45, 2.75) is 62.1 Å². The number of aliphatic hydroxyl groups excluding tert-OH is 4. The Morgan fingerprint density at radius 1 is 1.11 bits per heavy atom. The van der Waals surface area contributed by atoms with Gasteiger partial charge in [0.15, 0.2) is 23.7 Å². The van der Waals surface area contributed by atoms with Crippen molar-refractivity contribution in [2.24, 2.45) is 5.73 Å². The molecular formula is C16H26N6O14P2. The summed E-state index contributed by atoms with van der Waals surface area (Å²) in [6.45, 7) is 0.371. The van der Waals surface area contributed by atoms with Crippen LogP contribution < -0.4 is 17.0 Å². The second kappa shape index (κ2) is 10.6. The molecule has 2 saturated heterocycles. The molecule has 2 aromatic heterocycles. The van der Waals surface area contributed by atoms with E-state index in [1.807, 2.05) is 0 Å². The maximum Gasteiger partial charge on any atom is 0.483 e. The van der Waals surface area contributed by atoms with Crippen LogP contribution in [0.25, 0.3) is 11.2 Å². The number of rotatable bonds is 8. The fourth-order valence-electron chi connectivity index (χ4n) is 3.84. The molecule has 22 heteroatoms. The number of H-pyrrole nitrogens is 1. The van der Waals surface area contributed by atoms with Crippen LogP contribution in [0.1, 0.15) is 13.2 Å². The highest BCUT2D eigenvalue weighted by Crippen LogP contribution is 2.61. The van der Waals surface area contributed by atoms with E-state index in [-0.39, 0.29) is 17.1 Å². The number of imidazole rings is 1. The van der Waals surface area contributed by atoms with Gasteiger partial charge in [-0.1, -0.05) is 0 Å². The average Bonchev–Trinajstić information content (AvgIpc) is 3.35. The number of phosphoric ester groups is 2. The summed E-state index contributed by atoms with van der Waals surface area (Å²) in [5.41, 5.74) is 10.2. The zero-order valence-electron chi connectivity index (χ0n) is 19.3. The van der Waals surface area contributed by atoms with Crippen LogP contribution in [0.3, 0.4) is 0 Å². The molecule has 20 nitrogen and oxygen atoms in total. The lowest BCUT2D eigenvalue weighted by molar-refractivity contribution is -0.230. The molecule has 0 spiro atoms. The standard InChI is InChI=1S/C16H26N6O14P2/c1-4-8(23)10(25)6(17)15(33-4)35-38(30,31)36-37(28,29)32-2-5-9(24)11(26)14(34-5)22-3-19-7-12(22)20-16(18)21-13(7)27/h3-6,8-11,14-15,23-26H,2,17H2,1H3,(H,28,29)(H,30,31)(H3,18,20,21,27)/t4-,5+,6-,8+,9+,10-,11+,14?,15-/m0/s1. The summed E-state index contributed by atoms with van der Waals surface area (Å²) < 4.78 is 49.7. The Hall–Kier alpha value is -1.87. The Balaban J connectivity index is 1.39. The Labute approximate surface area is 211 Å². The number of aliphatic hydroxyl groups is 4. The predicted octanol–water partition coefficient (Wildman–Crippen LogP) is -3.63. The van der Waals surface area contributed by atoms with E-state index in [0.717, 1.165) is 10.9 Å². The summed E-state index contributed by atoms with van der Waals surface area (Å²) in [5.74, 6) is -0.258. The number of fused-ring (bicyclic) bond motifs is 1. The summed E-state index contributed by atoms with van der Waals surface area (Å²) >= 11 is 0. The predicted molar refractivity (Wildman–Crippen MR) is 121 cm³/mol. The van der Waals surface area contributed by atoms with Gasteiger partial charge < -0.3 is 51.2 Å². The van der Waals surface area contributed by atoms with Gasteiger partial charge in [-0.15, -0.1) is 0 Å². The lowest BCUT2D eigenvalue weighted by Gasteiger charge is -2.39. The minimum atomic E-state index is -5.42. The first-order valence-electron chi connectivity index (χ1n) is 10.8. The molecule has 0 saturated carbocycles. The Bertz CT molecular complexity index is 1320. The van der Waals surface area contributed by atoms with Crippen LogP contribution in [0.15, 0.2) is 11.1 Å². The minimum absolute atomic E-state index is 0.0892. The highest BCUT2D eigenvalue weighted by molar-refractivity contribution is 7.61. The van der Waals surface area contributed by atoms with E-state index in [1.54, 1.807) is 0 Å². The number of hydrogen-bond donors (Lipinski definition) is 9. The van der Waals surface area contributed by atoms with Gasteiger partial charge in [0, 0.05) is 0 Å². The third kappa shape index (κ3) is 5.83.